The Balaban J connectivity index is 1.81. The smallest absolute Gasteiger partial charge is 0.198 e. The molecule has 0 amide bonds. The van der Waals surface area contributed by atoms with Gasteiger partial charge in [0.25, 0.3) is 0 Å². The zero-order chi connectivity index (χ0) is 15.4. The predicted molar refractivity (Wildman–Crippen MR) is 91.6 cm³/mol. The van der Waals surface area contributed by atoms with Crippen molar-refractivity contribution in [2.75, 3.05) is 18.0 Å². The van der Waals surface area contributed by atoms with Gasteiger partial charge < -0.3 is 10.2 Å². The quantitative estimate of drug-likeness (QED) is 0.537. The summed E-state index contributed by atoms with van der Waals surface area (Å²) >= 11 is 5.82. The van der Waals surface area contributed by atoms with E-state index < -0.39 is 0 Å². The highest BCUT2D eigenvalue weighted by molar-refractivity contribution is 6.29. The highest BCUT2D eigenvalue weighted by Gasteiger charge is 2.22. The molecule has 0 unspecified atom stereocenters. The molecule has 2 heterocycles. The first-order chi connectivity index (χ1) is 10.8. The van der Waals surface area contributed by atoms with Crippen LogP contribution < -0.4 is 10.2 Å². The molecule has 0 spiro atoms. The number of aliphatic imine (C=N–C) groups is 1. The summed E-state index contributed by atoms with van der Waals surface area (Å²) in [6.45, 7) is 4.48. The Labute approximate surface area is 135 Å². The number of nitrogens with zero attached hydrogens (tertiary/aromatic N) is 3. The summed E-state index contributed by atoms with van der Waals surface area (Å²) in [5.74, 6) is 0.919. The third-order valence-electron chi connectivity index (χ3n) is 3.68. The summed E-state index contributed by atoms with van der Waals surface area (Å²) in [6.07, 6.45) is 2.83. The Kier molecular flexibility index (Phi) is 4.59. The van der Waals surface area contributed by atoms with Crippen molar-refractivity contribution in [1.82, 2.24) is 10.3 Å². The zero-order valence-electron chi connectivity index (χ0n) is 12.6. The number of fused-ring (bicyclic) bond motifs is 1. The fraction of sp³-hybridized carbons (Fsp3) is 0.294. The van der Waals surface area contributed by atoms with E-state index in [9.17, 15) is 0 Å². The second kappa shape index (κ2) is 6.79. The summed E-state index contributed by atoms with van der Waals surface area (Å²) in [5, 5.41) is 3.88. The van der Waals surface area contributed by atoms with Crippen LogP contribution in [0.3, 0.4) is 0 Å². The molecule has 1 aliphatic rings. The Morgan fingerprint density at radius 3 is 2.95 bits per heavy atom. The third kappa shape index (κ3) is 3.22. The van der Waals surface area contributed by atoms with Gasteiger partial charge in [0.1, 0.15) is 5.15 Å². The highest BCUT2D eigenvalue weighted by atomic mass is 35.5. The first-order valence-electron chi connectivity index (χ1n) is 7.52. The number of halogens is 1. The first kappa shape index (κ1) is 14.9. The van der Waals surface area contributed by atoms with Crippen LogP contribution in [0.4, 0.5) is 5.69 Å². The Bertz CT molecular complexity index is 667. The number of aromatic nitrogens is 1. The third-order valence-corrected chi connectivity index (χ3v) is 3.90. The molecule has 0 atom stereocenters. The van der Waals surface area contributed by atoms with E-state index in [1.54, 1.807) is 12.3 Å². The van der Waals surface area contributed by atoms with Crippen LogP contribution in [0, 0.1) is 0 Å². The zero-order valence-corrected chi connectivity index (χ0v) is 13.3. The largest absolute Gasteiger partial charge is 0.356 e. The lowest BCUT2D eigenvalue weighted by molar-refractivity contribution is 0.881. The van der Waals surface area contributed by atoms with Crippen LogP contribution in [0.2, 0.25) is 5.15 Å². The number of hydrogen-bond acceptors (Lipinski definition) is 2. The number of anilines is 1. The number of benzene rings is 1. The van der Waals surface area contributed by atoms with E-state index in [1.807, 2.05) is 6.07 Å². The van der Waals surface area contributed by atoms with Gasteiger partial charge in [0.05, 0.1) is 6.54 Å². The topological polar surface area (TPSA) is 40.5 Å². The molecule has 1 aromatic heterocycles. The second-order valence-electron chi connectivity index (χ2n) is 5.19. The Hall–Kier alpha value is -2.07. The molecular weight excluding hydrogens is 296 g/mol. The van der Waals surface area contributed by atoms with Crippen molar-refractivity contribution in [1.29, 1.82) is 0 Å². The van der Waals surface area contributed by atoms with E-state index in [0.29, 0.717) is 11.7 Å². The van der Waals surface area contributed by atoms with Gasteiger partial charge in [-0.15, -0.1) is 0 Å². The van der Waals surface area contributed by atoms with Crippen LogP contribution in [0.15, 0.2) is 47.6 Å². The molecule has 0 saturated carbocycles. The average molecular weight is 315 g/mol. The molecule has 5 heteroatoms. The molecule has 0 saturated heterocycles. The normalized spacial score (nSPS) is 14.1. The number of hydrogen-bond donors (Lipinski definition) is 1. The summed E-state index contributed by atoms with van der Waals surface area (Å²) < 4.78 is 0. The Morgan fingerprint density at radius 2 is 2.18 bits per heavy atom. The highest BCUT2D eigenvalue weighted by Crippen LogP contribution is 2.27. The van der Waals surface area contributed by atoms with E-state index in [2.05, 4.69) is 46.4 Å². The molecule has 4 nitrogen and oxygen atoms in total. The van der Waals surface area contributed by atoms with Gasteiger partial charge in [0, 0.05) is 25.0 Å². The van der Waals surface area contributed by atoms with Gasteiger partial charge >= 0.3 is 0 Å². The minimum atomic E-state index is 0.508. The SMILES string of the molecule is CCNC(=NCc1ccc(Cl)nc1)N1CCc2ccccc21. The van der Waals surface area contributed by atoms with Crippen LogP contribution in [0.5, 0.6) is 0 Å². The number of rotatable bonds is 3. The molecule has 114 valence electrons. The lowest BCUT2D eigenvalue weighted by Gasteiger charge is -2.22. The Morgan fingerprint density at radius 1 is 1.32 bits per heavy atom. The van der Waals surface area contributed by atoms with Gasteiger partial charge in [-0.3, -0.25) is 0 Å². The van der Waals surface area contributed by atoms with Crippen molar-refractivity contribution in [3.05, 3.63) is 58.9 Å². The van der Waals surface area contributed by atoms with Crippen molar-refractivity contribution < 1.29 is 0 Å². The maximum absolute atomic E-state index is 5.82. The fourth-order valence-corrected chi connectivity index (χ4v) is 2.73. The van der Waals surface area contributed by atoms with Gasteiger partial charge in [-0.25, -0.2) is 9.98 Å². The molecule has 2 aromatic rings. The van der Waals surface area contributed by atoms with Crippen molar-refractivity contribution in [3.63, 3.8) is 0 Å². The van der Waals surface area contributed by atoms with E-state index in [4.69, 9.17) is 16.6 Å². The van der Waals surface area contributed by atoms with Crippen molar-refractivity contribution in [2.24, 2.45) is 4.99 Å². The molecule has 1 N–H and O–H groups in total. The van der Waals surface area contributed by atoms with Crippen molar-refractivity contribution in [2.45, 2.75) is 19.9 Å². The molecule has 1 aliphatic heterocycles. The van der Waals surface area contributed by atoms with E-state index in [1.165, 1.54) is 11.3 Å². The number of pyridine rings is 1. The maximum atomic E-state index is 5.82. The number of para-hydroxylation sites is 1. The van der Waals surface area contributed by atoms with E-state index in [-0.39, 0.29) is 0 Å². The van der Waals surface area contributed by atoms with Crippen LogP contribution in [-0.2, 0) is 13.0 Å². The molecule has 22 heavy (non-hydrogen) atoms. The van der Waals surface area contributed by atoms with Crippen LogP contribution in [-0.4, -0.2) is 24.0 Å². The maximum Gasteiger partial charge on any atom is 0.198 e. The van der Waals surface area contributed by atoms with Gasteiger partial charge in [-0.1, -0.05) is 35.9 Å². The summed E-state index contributed by atoms with van der Waals surface area (Å²) in [7, 11) is 0. The molecule has 3 rings (SSSR count). The first-order valence-corrected chi connectivity index (χ1v) is 7.90. The predicted octanol–water partition coefficient (Wildman–Crippen LogP) is 3.26. The molecule has 1 aromatic carbocycles. The lowest BCUT2D eigenvalue weighted by atomic mass is 10.2. The van der Waals surface area contributed by atoms with Crippen LogP contribution >= 0.6 is 11.6 Å². The van der Waals surface area contributed by atoms with Crippen molar-refractivity contribution in [3.8, 4) is 0 Å². The van der Waals surface area contributed by atoms with Crippen LogP contribution in [0.25, 0.3) is 0 Å². The molecule has 0 radical (unpaired) electrons. The summed E-state index contributed by atoms with van der Waals surface area (Å²) in [6, 6.07) is 12.3. The molecule has 0 bridgehead atoms. The lowest BCUT2D eigenvalue weighted by Crippen LogP contribution is -2.40. The minimum absolute atomic E-state index is 0.508. The fourth-order valence-electron chi connectivity index (χ4n) is 2.62. The summed E-state index contributed by atoms with van der Waals surface area (Å²) in [5.41, 5.74) is 3.67. The van der Waals surface area contributed by atoms with Gasteiger partial charge in [-0.05, 0) is 36.6 Å². The van der Waals surface area contributed by atoms with Crippen LogP contribution in [0.1, 0.15) is 18.1 Å². The standard InChI is InChI=1S/C17H19ClN4/c1-2-19-17(21-12-13-7-8-16(18)20-11-13)22-10-9-14-5-3-4-6-15(14)22/h3-8,11H,2,9-10,12H2,1H3,(H,19,21). The second-order valence-corrected chi connectivity index (χ2v) is 5.58. The summed E-state index contributed by atoms with van der Waals surface area (Å²) in [4.78, 5) is 11.1. The minimum Gasteiger partial charge on any atom is -0.356 e. The molecule has 0 fully saturated rings. The monoisotopic (exact) mass is 314 g/mol. The van der Waals surface area contributed by atoms with Gasteiger partial charge in [-0.2, -0.15) is 0 Å². The van der Waals surface area contributed by atoms with Gasteiger partial charge in [0.15, 0.2) is 5.96 Å². The number of nitrogens with one attached hydrogen (secondary N) is 1. The van der Waals surface area contributed by atoms with E-state index in [0.717, 1.165) is 31.0 Å². The van der Waals surface area contributed by atoms with Crippen molar-refractivity contribution >= 4 is 23.2 Å². The van der Waals surface area contributed by atoms with E-state index >= 15 is 0 Å². The molecular formula is C17H19ClN4. The number of guanidine groups is 1. The molecule has 0 aliphatic carbocycles. The average Bonchev–Trinajstić information content (AvgIpc) is 2.97. The van der Waals surface area contributed by atoms with Gasteiger partial charge in [0.2, 0.25) is 0 Å².